The molecule has 0 spiro atoms. The molecule has 0 aliphatic carbocycles. The summed E-state index contributed by atoms with van der Waals surface area (Å²) in [6.07, 6.45) is 2.45. The first-order chi connectivity index (χ1) is 10.2. The van der Waals surface area contributed by atoms with Crippen molar-refractivity contribution in [3.8, 4) is 0 Å². The van der Waals surface area contributed by atoms with Crippen LogP contribution in [0.4, 0.5) is 5.13 Å². The summed E-state index contributed by atoms with van der Waals surface area (Å²) in [5.41, 5.74) is 0. The van der Waals surface area contributed by atoms with Crippen LogP contribution in [-0.4, -0.2) is 67.8 Å². The first kappa shape index (κ1) is 20.4. The van der Waals surface area contributed by atoms with Crippen molar-refractivity contribution in [1.29, 1.82) is 0 Å². The van der Waals surface area contributed by atoms with E-state index in [1.165, 1.54) is 4.88 Å². The highest BCUT2D eigenvalue weighted by Crippen LogP contribution is 2.22. The van der Waals surface area contributed by atoms with Crippen molar-refractivity contribution in [3.05, 3.63) is 11.1 Å². The van der Waals surface area contributed by atoms with E-state index in [1.807, 2.05) is 11.1 Å². The number of amides is 1. The molecule has 23 heavy (non-hydrogen) atoms. The lowest BCUT2D eigenvalue weighted by Gasteiger charge is -2.35. The normalized spacial score (nSPS) is 21.3. The quantitative estimate of drug-likeness (QED) is 0.854. The summed E-state index contributed by atoms with van der Waals surface area (Å²) >= 11 is 1.72. The highest BCUT2D eigenvalue weighted by Gasteiger charge is 2.25. The van der Waals surface area contributed by atoms with Crippen molar-refractivity contribution < 1.29 is 9.53 Å². The third-order valence-electron chi connectivity index (χ3n) is 3.93. The molecule has 2 aliphatic heterocycles. The molecule has 1 amide bonds. The van der Waals surface area contributed by atoms with Gasteiger partial charge < -0.3 is 19.9 Å². The molecule has 132 valence electrons. The van der Waals surface area contributed by atoms with Gasteiger partial charge in [0.15, 0.2) is 5.13 Å². The molecule has 1 unspecified atom stereocenters. The minimum absolute atomic E-state index is 0. The fourth-order valence-electron chi connectivity index (χ4n) is 2.73. The second-order valence-corrected chi connectivity index (χ2v) is 6.76. The molecule has 1 N–H and O–H groups in total. The van der Waals surface area contributed by atoms with Crippen LogP contribution in [0.2, 0.25) is 0 Å². The van der Waals surface area contributed by atoms with Gasteiger partial charge in [0.1, 0.15) is 0 Å². The number of piperazine rings is 1. The van der Waals surface area contributed by atoms with Gasteiger partial charge in [0, 0.05) is 56.3 Å². The Morgan fingerprint density at radius 3 is 2.70 bits per heavy atom. The molecular weight excluding hydrogens is 359 g/mol. The van der Waals surface area contributed by atoms with Crippen molar-refractivity contribution in [2.45, 2.75) is 19.4 Å². The monoisotopic (exact) mass is 382 g/mol. The molecule has 9 heteroatoms. The molecule has 1 aromatic heterocycles. The topological polar surface area (TPSA) is 57.7 Å². The van der Waals surface area contributed by atoms with Crippen LogP contribution < -0.4 is 10.2 Å². The molecule has 0 bridgehead atoms. The zero-order chi connectivity index (χ0) is 14.7. The zero-order valence-electron chi connectivity index (χ0n) is 13.2. The van der Waals surface area contributed by atoms with Gasteiger partial charge in [-0.15, -0.1) is 36.2 Å². The fourth-order valence-corrected chi connectivity index (χ4v) is 3.54. The highest BCUT2D eigenvalue weighted by molar-refractivity contribution is 7.15. The Morgan fingerprint density at radius 1 is 1.39 bits per heavy atom. The predicted octanol–water partition coefficient (Wildman–Crippen LogP) is 1.32. The van der Waals surface area contributed by atoms with Crippen LogP contribution >= 0.6 is 36.2 Å². The summed E-state index contributed by atoms with van der Waals surface area (Å²) < 4.78 is 5.40. The summed E-state index contributed by atoms with van der Waals surface area (Å²) in [5, 5.41) is 4.41. The maximum absolute atomic E-state index is 12.3. The van der Waals surface area contributed by atoms with Crippen LogP contribution in [0.5, 0.6) is 0 Å². The number of carbonyl (C=O) groups excluding carboxylic acids is 1. The largest absolute Gasteiger partial charge is 0.378 e. The van der Waals surface area contributed by atoms with Crippen molar-refractivity contribution in [2.75, 3.05) is 50.8 Å². The second kappa shape index (κ2) is 9.64. The van der Waals surface area contributed by atoms with E-state index >= 15 is 0 Å². The predicted molar refractivity (Wildman–Crippen MR) is 97.4 cm³/mol. The molecule has 2 saturated heterocycles. The van der Waals surface area contributed by atoms with Crippen molar-refractivity contribution in [3.63, 3.8) is 0 Å². The number of carbonyl (C=O) groups is 1. The Balaban J connectivity index is 0.00000132. The Bertz CT molecular complexity index is 489. The van der Waals surface area contributed by atoms with Crippen LogP contribution in [0.25, 0.3) is 0 Å². The maximum atomic E-state index is 12.3. The summed E-state index contributed by atoms with van der Waals surface area (Å²) in [5.74, 6) is 0.230. The molecule has 0 saturated carbocycles. The van der Waals surface area contributed by atoms with Gasteiger partial charge >= 0.3 is 0 Å². The van der Waals surface area contributed by atoms with Gasteiger partial charge in [-0.25, -0.2) is 4.98 Å². The van der Waals surface area contributed by atoms with Gasteiger partial charge in [-0.1, -0.05) is 0 Å². The van der Waals surface area contributed by atoms with E-state index in [0.717, 1.165) is 44.5 Å². The number of rotatable bonds is 3. The van der Waals surface area contributed by atoms with E-state index < -0.39 is 0 Å². The Hall–Kier alpha value is -0.600. The summed E-state index contributed by atoms with van der Waals surface area (Å²) in [6, 6.07) is 0.172. The molecule has 2 fully saturated rings. The smallest absolute Gasteiger partial charge is 0.224 e. The highest BCUT2D eigenvalue weighted by atomic mass is 35.5. The molecule has 2 aliphatic rings. The molecule has 6 nitrogen and oxygen atoms in total. The van der Waals surface area contributed by atoms with Gasteiger partial charge in [0.05, 0.1) is 13.2 Å². The molecule has 3 heterocycles. The van der Waals surface area contributed by atoms with E-state index in [1.54, 1.807) is 11.3 Å². The lowest BCUT2D eigenvalue weighted by Crippen LogP contribution is -2.51. The molecule has 3 rings (SSSR count). The number of aryl methyl sites for hydroxylation is 1. The van der Waals surface area contributed by atoms with E-state index in [0.29, 0.717) is 13.0 Å². The number of morpholine rings is 1. The number of hydrogen-bond donors (Lipinski definition) is 1. The van der Waals surface area contributed by atoms with Crippen LogP contribution in [-0.2, 0) is 9.53 Å². The molecular formula is C14H24Cl2N4O2S. The van der Waals surface area contributed by atoms with Gasteiger partial charge in [0.2, 0.25) is 5.91 Å². The maximum Gasteiger partial charge on any atom is 0.224 e. The lowest BCUT2D eigenvalue weighted by atomic mass is 10.1. The Kier molecular flexibility index (Phi) is 8.57. The Labute approximate surface area is 153 Å². The van der Waals surface area contributed by atoms with Crippen LogP contribution in [0.1, 0.15) is 11.3 Å². The zero-order valence-corrected chi connectivity index (χ0v) is 15.6. The SMILES string of the molecule is Cc1cnc(N2CCN(C(=O)CC3COCCN3)CC2)s1.Cl.Cl. The van der Waals surface area contributed by atoms with Gasteiger partial charge in [-0.05, 0) is 6.92 Å². The van der Waals surface area contributed by atoms with Crippen molar-refractivity contribution in [1.82, 2.24) is 15.2 Å². The van der Waals surface area contributed by atoms with Crippen molar-refractivity contribution >= 4 is 47.2 Å². The van der Waals surface area contributed by atoms with E-state index in [-0.39, 0.29) is 36.8 Å². The summed E-state index contributed by atoms with van der Waals surface area (Å²) in [4.78, 5) is 22.2. The number of hydrogen-bond acceptors (Lipinski definition) is 6. The third-order valence-corrected chi connectivity index (χ3v) is 4.90. The number of anilines is 1. The summed E-state index contributed by atoms with van der Waals surface area (Å²) in [6.45, 7) is 7.60. The number of nitrogens with zero attached hydrogens (tertiary/aromatic N) is 3. The second-order valence-electron chi connectivity index (χ2n) is 5.55. The standard InChI is InChI=1S/C14H22N4O2S.2ClH/c1-11-9-16-14(21-11)18-5-3-17(4-6-18)13(19)8-12-10-20-7-2-15-12;;/h9,12,15H,2-8,10H2,1H3;2*1H. The van der Waals surface area contributed by atoms with Crippen LogP contribution in [0.15, 0.2) is 6.20 Å². The molecule has 1 aromatic rings. The van der Waals surface area contributed by atoms with Crippen LogP contribution in [0.3, 0.4) is 0 Å². The first-order valence-electron chi connectivity index (χ1n) is 7.48. The minimum Gasteiger partial charge on any atom is -0.378 e. The number of nitrogens with one attached hydrogen (secondary N) is 1. The van der Waals surface area contributed by atoms with Gasteiger partial charge in [-0.2, -0.15) is 0 Å². The van der Waals surface area contributed by atoms with Crippen LogP contribution in [0, 0.1) is 6.92 Å². The third kappa shape index (κ3) is 5.46. The van der Waals surface area contributed by atoms with E-state index in [2.05, 4.69) is 22.1 Å². The average molecular weight is 383 g/mol. The Morgan fingerprint density at radius 2 is 2.13 bits per heavy atom. The molecule has 0 radical (unpaired) electrons. The van der Waals surface area contributed by atoms with Crippen molar-refractivity contribution in [2.24, 2.45) is 0 Å². The minimum atomic E-state index is 0. The van der Waals surface area contributed by atoms with Gasteiger partial charge in [0.25, 0.3) is 0 Å². The number of thiazole rings is 1. The molecule has 1 atom stereocenters. The number of ether oxygens (including phenoxy) is 1. The number of aromatic nitrogens is 1. The lowest BCUT2D eigenvalue weighted by molar-refractivity contribution is -0.132. The van der Waals surface area contributed by atoms with E-state index in [9.17, 15) is 4.79 Å². The number of halogens is 2. The fraction of sp³-hybridized carbons (Fsp3) is 0.714. The van der Waals surface area contributed by atoms with E-state index in [4.69, 9.17) is 4.74 Å². The van der Waals surface area contributed by atoms with Gasteiger partial charge in [-0.3, -0.25) is 4.79 Å². The molecule has 0 aromatic carbocycles. The first-order valence-corrected chi connectivity index (χ1v) is 8.30. The average Bonchev–Trinajstić information content (AvgIpc) is 2.95. The summed E-state index contributed by atoms with van der Waals surface area (Å²) in [7, 11) is 0.